The van der Waals surface area contributed by atoms with E-state index in [1.54, 1.807) is 0 Å². The van der Waals surface area contributed by atoms with Gasteiger partial charge < -0.3 is 0 Å². The molecule has 0 aliphatic heterocycles. The second kappa shape index (κ2) is 5.55. The third kappa shape index (κ3) is 3.02. The molecule has 1 aromatic carbocycles. The Kier molecular flexibility index (Phi) is 4.25. The summed E-state index contributed by atoms with van der Waals surface area (Å²) < 4.78 is 0.537. The van der Waals surface area contributed by atoms with Gasteiger partial charge >= 0.3 is 0 Å². The highest BCUT2D eigenvalue weighted by Gasteiger charge is 2.09. The summed E-state index contributed by atoms with van der Waals surface area (Å²) in [5, 5.41) is 0.683. The van der Waals surface area contributed by atoms with Crippen molar-refractivity contribution in [2.24, 2.45) is 0 Å². The number of hydrogen-bond donors (Lipinski definition) is 0. The zero-order valence-corrected chi connectivity index (χ0v) is 13.1. The molecule has 0 unspecified atom stereocenters. The second-order valence-electron chi connectivity index (χ2n) is 4.13. The first kappa shape index (κ1) is 13.8. The number of rotatable bonds is 2. The van der Waals surface area contributed by atoms with Crippen molar-refractivity contribution in [3.8, 4) is 0 Å². The molecule has 0 fully saturated rings. The lowest BCUT2D eigenvalue weighted by molar-refractivity contribution is 0.960. The van der Waals surface area contributed by atoms with Crippen LogP contribution in [0.3, 0.4) is 0 Å². The van der Waals surface area contributed by atoms with Crippen LogP contribution in [0.25, 0.3) is 0 Å². The van der Waals surface area contributed by atoms with Crippen LogP contribution in [0, 0.1) is 13.8 Å². The Bertz CT molecular complexity index is 577. The van der Waals surface area contributed by atoms with E-state index in [-0.39, 0.29) is 0 Å². The maximum absolute atomic E-state index is 5.96. The van der Waals surface area contributed by atoms with Crippen LogP contribution < -0.4 is 0 Å². The molecule has 5 heteroatoms. The van der Waals surface area contributed by atoms with Crippen molar-refractivity contribution in [3.05, 3.63) is 55.5 Å². The van der Waals surface area contributed by atoms with Gasteiger partial charge in [-0.05, 0) is 46.5 Å². The number of aromatic nitrogens is 2. The van der Waals surface area contributed by atoms with Gasteiger partial charge in [0.25, 0.3) is 0 Å². The van der Waals surface area contributed by atoms with Gasteiger partial charge in [-0.2, -0.15) is 0 Å². The molecule has 0 N–H and O–H groups in total. The molecule has 0 radical (unpaired) electrons. The first-order valence-electron chi connectivity index (χ1n) is 5.41. The highest BCUT2D eigenvalue weighted by atomic mass is 79.9. The van der Waals surface area contributed by atoms with Gasteiger partial charge in [0, 0.05) is 6.42 Å². The summed E-state index contributed by atoms with van der Waals surface area (Å²) in [6, 6.07) is 6.28. The first-order valence-corrected chi connectivity index (χ1v) is 6.96. The fourth-order valence-electron chi connectivity index (χ4n) is 1.61. The van der Waals surface area contributed by atoms with Gasteiger partial charge in [-0.3, -0.25) is 0 Å². The van der Waals surface area contributed by atoms with E-state index < -0.39 is 0 Å². The minimum absolute atomic E-state index is 0.342. The van der Waals surface area contributed by atoms with Crippen LogP contribution in [0.5, 0.6) is 0 Å². The normalized spacial score (nSPS) is 10.7. The fraction of sp³-hybridized carbons (Fsp3) is 0.231. The standard InChI is InChI=1S/C13H11BrCl2N2/c1-7-3-4-9(5-8(7)2)6-10-17-12(15)11(14)13(16)18-10/h3-5H,6H2,1-2H3. The summed E-state index contributed by atoms with van der Waals surface area (Å²) >= 11 is 15.1. The third-order valence-corrected chi connectivity index (χ3v) is 4.50. The van der Waals surface area contributed by atoms with E-state index in [0.29, 0.717) is 27.0 Å². The molecule has 1 aromatic heterocycles. The van der Waals surface area contributed by atoms with E-state index in [4.69, 9.17) is 23.2 Å². The van der Waals surface area contributed by atoms with Gasteiger partial charge in [0.15, 0.2) is 0 Å². The van der Waals surface area contributed by atoms with Gasteiger partial charge in [-0.15, -0.1) is 0 Å². The Hall–Kier alpha value is -0.640. The van der Waals surface area contributed by atoms with Gasteiger partial charge in [-0.25, -0.2) is 9.97 Å². The molecule has 0 saturated heterocycles. The van der Waals surface area contributed by atoms with E-state index in [0.717, 1.165) is 5.56 Å². The lowest BCUT2D eigenvalue weighted by atomic mass is 10.0. The van der Waals surface area contributed by atoms with Crippen LogP contribution in [0.4, 0.5) is 0 Å². The van der Waals surface area contributed by atoms with Crippen molar-refractivity contribution in [2.45, 2.75) is 20.3 Å². The average molecular weight is 346 g/mol. The molecule has 2 aromatic rings. The van der Waals surface area contributed by atoms with E-state index in [1.165, 1.54) is 11.1 Å². The van der Waals surface area contributed by atoms with Crippen molar-refractivity contribution in [3.63, 3.8) is 0 Å². The molecular weight excluding hydrogens is 335 g/mol. The van der Waals surface area contributed by atoms with Crippen LogP contribution in [0.1, 0.15) is 22.5 Å². The summed E-state index contributed by atoms with van der Waals surface area (Å²) in [5.74, 6) is 0.622. The molecule has 18 heavy (non-hydrogen) atoms. The maximum atomic E-state index is 5.96. The van der Waals surface area contributed by atoms with Crippen molar-refractivity contribution in [1.82, 2.24) is 9.97 Å². The molecule has 0 spiro atoms. The van der Waals surface area contributed by atoms with Gasteiger partial charge in [0.1, 0.15) is 16.1 Å². The first-order chi connectivity index (χ1) is 8.47. The van der Waals surface area contributed by atoms with Crippen molar-refractivity contribution in [2.75, 3.05) is 0 Å². The van der Waals surface area contributed by atoms with E-state index >= 15 is 0 Å². The van der Waals surface area contributed by atoms with Crippen LogP contribution in [0.15, 0.2) is 22.7 Å². The number of nitrogens with zero attached hydrogens (tertiary/aromatic N) is 2. The van der Waals surface area contributed by atoms with Gasteiger partial charge in [-0.1, -0.05) is 41.4 Å². The SMILES string of the molecule is Cc1ccc(Cc2nc(Cl)c(Br)c(Cl)n2)cc1C. The molecule has 2 nitrogen and oxygen atoms in total. The quantitative estimate of drug-likeness (QED) is 0.734. The molecule has 0 atom stereocenters. The molecule has 1 heterocycles. The fourth-order valence-corrected chi connectivity index (χ4v) is 2.21. The minimum atomic E-state index is 0.342. The van der Waals surface area contributed by atoms with Gasteiger partial charge in [0.2, 0.25) is 0 Å². The number of halogens is 3. The summed E-state index contributed by atoms with van der Waals surface area (Å²) in [4.78, 5) is 8.41. The number of aryl methyl sites for hydroxylation is 2. The van der Waals surface area contributed by atoms with Crippen molar-refractivity contribution < 1.29 is 0 Å². The smallest absolute Gasteiger partial charge is 0.148 e. The molecule has 0 bridgehead atoms. The minimum Gasteiger partial charge on any atom is -0.220 e. The zero-order chi connectivity index (χ0) is 13.3. The molecule has 0 aliphatic carbocycles. The largest absolute Gasteiger partial charge is 0.220 e. The Labute approximate surface area is 124 Å². The predicted molar refractivity (Wildman–Crippen MR) is 78.5 cm³/mol. The van der Waals surface area contributed by atoms with E-state index in [1.807, 2.05) is 0 Å². The predicted octanol–water partition coefficient (Wildman–Crippen LogP) is 4.75. The Morgan fingerprint density at radius 2 is 1.67 bits per heavy atom. The molecule has 0 saturated carbocycles. The Morgan fingerprint density at radius 3 is 2.22 bits per heavy atom. The Balaban J connectivity index is 2.31. The summed E-state index contributed by atoms with van der Waals surface area (Å²) in [7, 11) is 0. The number of hydrogen-bond acceptors (Lipinski definition) is 2. The van der Waals surface area contributed by atoms with Crippen LogP contribution >= 0.6 is 39.1 Å². The molecule has 94 valence electrons. The highest BCUT2D eigenvalue weighted by molar-refractivity contribution is 9.10. The zero-order valence-electron chi connectivity index (χ0n) is 9.97. The number of benzene rings is 1. The lowest BCUT2D eigenvalue weighted by Crippen LogP contribution is -1.99. The van der Waals surface area contributed by atoms with Gasteiger partial charge in [0.05, 0.1) is 4.47 Å². The molecular formula is C13H11BrCl2N2. The molecule has 0 amide bonds. The summed E-state index contributed by atoms with van der Waals surface area (Å²) in [6.07, 6.45) is 0.619. The van der Waals surface area contributed by atoms with Crippen molar-refractivity contribution in [1.29, 1.82) is 0 Å². The van der Waals surface area contributed by atoms with E-state index in [2.05, 4.69) is 57.9 Å². The molecule has 2 rings (SSSR count). The van der Waals surface area contributed by atoms with Crippen LogP contribution in [0.2, 0.25) is 10.3 Å². The second-order valence-corrected chi connectivity index (χ2v) is 5.64. The monoisotopic (exact) mass is 344 g/mol. The van der Waals surface area contributed by atoms with Crippen LogP contribution in [-0.2, 0) is 6.42 Å². The van der Waals surface area contributed by atoms with E-state index in [9.17, 15) is 0 Å². The molecule has 0 aliphatic rings. The van der Waals surface area contributed by atoms with Crippen molar-refractivity contribution >= 4 is 39.1 Å². The summed E-state index contributed by atoms with van der Waals surface area (Å²) in [6.45, 7) is 4.17. The summed E-state index contributed by atoms with van der Waals surface area (Å²) in [5.41, 5.74) is 3.67. The average Bonchev–Trinajstić information content (AvgIpc) is 2.31. The lowest BCUT2D eigenvalue weighted by Gasteiger charge is -2.06. The highest BCUT2D eigenvalue weighted by Crippen LogP contribution is 2.27. The Morgan fingerprint density at radius 1 is 1.06 bits per heavy atom. The maximum Gasteiger partial charge on any atom is 0.148 e. The topological polar surface area (TPSA) is 25.8 Å². The van der Waals surface area contributed by atoms with Crippen LogP contribution in [-0.4, -0.2) is 9.97 Å². The third-order valence-electron chi connectivity index (χ3n) is 2.75.